The Kier molecular flexibility index (Phi) is 3.47. The van der Waals surface area contributed by atoms with E-state index in [2.05, 4.69) is 39.9 Å². The fourth-order valence-electron chi connectivity index (χ4n) is 1.68. The normalized spacial score (nSPS) is 11.1. The molecule has 2 heterocycles. The maximum atomic E-state index is 12.0. The van der Waals surface area contributed by atoms with Gasteiger partial charge < -0.3 is 0 Å². The van der Waals surface area contributed by atoms with E-state index in [9.17, 15) is 4.79 Å². The fourth-order valence-corrected chi connectivity index (χ4v) is 2.11. The van der Waals surface area contributed by atoms with Crippen molar-refractivity contribution in [1.29, 1.82) is 0 Å². The molecule has 0 fully saturated rings. The third-order valence-electron chi connectivity index (χ3n) is 2.44. The average molecular weight is 296 g/mol. The Morgan fingerprint density at radius 1 is 1.41 bits per heavy atom. The van der Waals surface area contributed by atoms with Gasteiger partial charge in [0.25, 0.3) is 5.56 Å². The van der Waals surface area contributed by atoms with E-state index in [4.69, 9.17) is 0 Å². The number of halogens is 1. The molecule has 4 nitrogen and oxygen atoms in total. The van der Waals surface area contributed by atoms with Gasteiger partial charge in [0.1, 0.15) is 4.47 Å². The van der Waals surface area contributed by atoms with Crippen molar-refractivity contribution in [3.63, 3.8) is 0 Å². The number of aromatic amines is 1. The van der Waals surface area contributed by atoms with E-state index < -0.39 is 0 Å². The van der Waals surface area contributed by atoms with E-state index in [0.29, 0.717) is 10.4 Å². The number of H-pyrrole nitrogens is 1. The van der Waals surface area contributed by atoms with Crippen molar-refractivity contribution in [2.75, 3.05) is 0 Å². The first-order valence-corrected chi connectivity index (χ1v) is 6.28. The number of nitrogens with one attached hydrogen (secondary N) is 1. The molecular formula is C12H14BrN3O. The lowest BCUT2D eigenvalue weighted by Gasteiger charge is -2.03. The third kappa shape index (κ3) is 2.49. The Hall–Kier alpha value is -1.36. The number of pyridine rings is 1. The molecule has 0 bridgehead atoms. The molecule has 0 aliphatic rings. The summed E-state index contributed by atoms with van der Waals surface area (Å²) in [6.45, 7) is 4.24. The molecule has 2 aromatic rings. The molecular weight excluding hydrogens is 282 g/mol. The van der Waals surface area contributed by atoms with Gasteiger partial charge >= 0.3 is 0 Å². The van der Waals surface area contributed by atoms with Gasteiger partial charge in [0.2, 0.25) is 0 Å². The summed E-state index contributed by atoms with van der Waals surface area (Å²) in [7, 11) is 0. The molecule has 90 valence electrons. The van der Waals surface area contributed by atoms with Crippen LogP contribution in [-0.2, 0) is 6.42 Å². The molecule has 0 atom stereocenters. The molecule has 0 saturated heterocycles. The monoisotopic (exact) mass is 295 g/mol. The summed E-state index contributed by atoms with van der Waals surface area (Å²) in [5.74, 6) is 0.496. The third-order valence-corrected chi connectivity index (χ3v) is 3.25. The van der Waals surface area contributed by atoms with Crippen molar-refractivity contribution < 1.29 is 0 Å². The van der Waals surface area contributed by atoms with E-state index in [0.717, 1.165) is 17.8 Å². The second-order valence-corrected chi connectivity index (χ2v) is 5.14. The summed E-state index contributed by atoms with van der Waals surface area (Å²) >= 11 is 3.35. The molecule has 0 spiro atoms. The summed E-state index contributed by atoms with van der Waals surface area (Å²) in [5.41, 5.74) is 1.66. The SMILES string of the molecule is CC(C)Cc1[nH]n(-c2ccncc2)c(=O)c1Br. The quantitative estimate of drug-likeness (QED) is 0.946. The molecule has 0 radical (unpaired) electrons. The lowest BCUT2D eigenvalue weighted by atomic mass is 10.1. The van der Waals surface area contributed by atoms with Crippen molar-refractivity contribution in [3.8, 4) is 5.69 Å². The van der Waals surface area contributed by atoms with Gasteiger partial charge in [-0.15, -0.1) is 0 Å². The summed E-state index contributed by atoms with van der Waals surface area (Å²) in [5, 5.41) is 3.13. The highest BCUT2D eigenvalue weighted by Gasteiger charge is 2.13. The summed E-state index contributed by atoms with van der Waals surface area (Å²) < 4.78 is 2.15. The smallest absolute Gasteiger partial charge is 0.285 e. The van der Waals surface area contributed by atoms with Gasteiger partial charge in [-0.1, -0.05) is 13.8 Å². The molecule has 2 aromatic heterocycles. The number of hydrogen-bond donors (Lipinski definition) is 1. The van der Waals surface area contributed by atoms with Crippen molar-refractivity contribution >= 4 is 15.9 Å². The maximum Gasteiger partial charge on any atom is 0.285 e. The molecule has 5 heteroatoms. The van der Waals surface area contributed by atoms with Crippen molar-refractivity contribution in [2.45, 2.75) is 20.3 Å². The molecule has 0 aromatic carbocycles. The molecule has 0 aliphatic carbocycles. The van der Waals surface area contributed by atoms with E-state index in [1.807, 2.05) is 0 Å². The summed E-state index contributed by atoms with van der Waals surface area (Å²) in [6.07, 6.45) is 4.17. The minimum atomic E-state index is -0.0631. The van der Waals surface area contributed by atoms with E-state index >= 15 is 0 Å². The van der Waals surface area contributed by atoms with Crippen LogP contribution in [-0.4, -0.2) is 14.8 Å². The molecule has 17 heavy (non-hydrogen) atoms. The fraction of sp³-hybridized carbons (Fsp3) is 0.333. The number of aromatic nitrogens is 3. The van der Waals surface area contributed by atoms with Crippen LogP contribution in [0.1, 0.15) is 19.5 Å². The Balaban J connectivity index is 2.47. The second kappa shape index (κ2) is 4.87. The lowest BCUT2D eigenvalue weighted by Crippen LogP contribution is -2.14. The Bertz CT molecular complexity index is 557. The van der Waals surface area contributed by atoms with Crippen LogP contribution in [0.15, 0.2) is 33.8 Å². The largest absolute Gasteiger partial charge is 0.294 e. The van der Waals surface area contributed by atoms with E-state index in [1.54, 1.807) is 24.5 Å². The van der Waals surface area contributed by atoms with E-state index in [-0.39, 0.29) is 5.56 Å². The van der Waals surface area contributed by atoms with Crippen LogP contribution in [0.3, 0.4) is 0 Å². The Labute approximate surface area is 108 Å². The van der Waals surface area contributed by atoms with Gasteiger partial charge in [0.05, 0.1) is 11.4 Å². The zero-order valence-corrected chi connectivity index (χ0v) is 11.4. The number of rotatable bonds is 3. The molecule has 1 N–H and O–H groups in total. The topological polar surface area (TPSA) is 50.7 Å². The molecule has 0 unspecified atom stereocenters. The highest BCUT2D eigenvalue weighted by atomic mass is 79.9. The van der Waals surface area contributed by atoms with Gasteiger partial charge in [0, 0.05) is 12.4 Å². The maximum absolute atomic E-state index is 12.0. The van der Waals surface area contributed by atoms with Gasteiger partial charge in [-0.25, -0.2) is 4.68 Å². The Morgan fingerprint density at radius 2 is 2.06 bits per heavy atom. The lowest BCUT2D eigenvalue weighted by molar-refractivity contribution is 0.626. The minimum Gasteiger partial charge on any atom is -0.294 e. The van der Waals surface area contributed by atoms with Crippen LogP contribution in [0.5, 0.6) is 0 Å². The summed E-state index contributed by atoms with van der Waals surface area (Å²) in [6, 6.07) is 3.59. The average Bonchev–Trinajstić information content (AvgIpc) is 2.58. The molecule has 0 saturated carbocycles. The van der Waals surface area contributed by atoms with Crippen LogP contribution in [0, 0.1) is 5.92 Å². The highest BCUT2D eigenvalue weighted by molar-refractivity contribution is 9.10. The number of hydrogen-bond acceptors (Lipinski definition) is 2. The van der Waals surface area contributed by atoms with Crippen molar-refractivity contribution in [2.24, 2.45) is 5.92 Å². The van der Waals surface area contributed by atoms with Crippen molar-refractivity contribution in [1.82, 2.24) is 14.8 Å². The van der Waals surface area contributed by atoms with Crippen LogP contribution < -0.4 is 5.56 Å². The standard InChI is InChI=1S/C12H14BrN3O/c1-8(2)7-10-11(13)12(17)16(15-10)9-3-5-14-6-4-9/h3-6,8,15H,7H2,1-2H3. The Morgan fingerprint density at radius 3 is 2.65 bits per heavy atom. The molecule has 0 aliphatic heterocycles. The van der Waals surface area contributed by atoms with Gasteiger partial charge in [0.15, 0.2) is 0 Å². The van der Waals surface area contributed by atoms with Crippen LogP contribution >= 0.6 is 15.9 Å². The van der Waals surface area contributed by atoms with Crippen LogP contribution in [0.25, 0.3) is 5.69 Å². The first-order valence-electron chi connectivity index (χ1n) is 5.49. The zero-order valence-electron chi connectivity index (χ0n) is 9.77. The van der Waals surface area contributed by atoms with Crippen LogP contribution in [0.4, 0.5) is 0 Å². The zero-order chi connectivity index (χ0) is 12.4. The van der Waals surface area contributed by atoms with Gasteiger partial charge in [-0.3, -0.25) is 14.9 Å². The predicted octanol–water partition coefficient (Wildman–Crippen LogP) is 2.52. The summed E-state index contributed by atoms with van der Waals surface area (Å²) in [4.78, 5) is 16.0. The minimum absolute atomic E-state index is 0.0631. The first-order chi connectivity index (χ1) is 8.09. The molecule has 0 amide bonds. The van der Waals surface area contributed by atoms with Gasteiger partial charge in [-0.05, 0) is 40.4 Å². The second-order valence-electron chi connectivity index (χ2n) is 4.35. The van der Waals surface area contributed by atoms with E-state index in [1.165, 1.54) is 4.68 Å². The van der Waals surface area contributed by atoms with Crippen LogP contribution in [0.2, 0.25) is 0 Å². The van der Waals surface area contributed by atoms with Crippen molar-refractivity contribution in [3.05, 3.63) is 45.0 Å². The predicted molar refractivity (Wildman–Crippen MR) is 70.4 cm³/mol. The highest BCUT2D eigenvalue weighted by Crippen LogP contribution is 2.15. The first kappa shape index (κ1) is 12.1. The number of nitrogens with zero attached hydrogens (tertiary/aromatic N) is 2. The van der Waals surface area contributed by atoms with Gasteiger partial charge in [-0.2, -0.15) is 0 Å². The molecule has 2 rings (SSSR count).